The van der Waals surface area contributed by atoms with Gasteiger partial charge in [0, 0.05) is 43.3 Å². The number of aryl methyl sites for hydroxylation is 1. The molecule has 0 radical (unpaired) electrons. The predicted octanol–water partition coefficient (Wildman–Crippen LogP) is 2.57. The summed E-state index contributed by atoms with van der Waals surface area (Å²) in [5.41, 5.74) is 1.86. The maximum absolute atomic E-state index is 12.5. The largest absolute Gasteiger partial charge is 0.494 e. The number of carbonyl (C=O) groups is 1. The highest BCUT2D eigenvalue weighted by Gasteiger charge is 2.26. The Morgan fingerprint density at radius 1 is 1.27 bits per heavy atom. The number of hydrogen-bond acceptors (Lipinski definition) is 6. The van der Waals surface area contributed by atoms with E-state index in [1.165, 1.54) is 0 Å². The van der Waals surface area contributed by atoms with Crippen molar-refractivity contribution in [1.29, 1.82) is 0 Å². The molecule has 0 aliphatic carbocycles. The van der Waals surface area contributed by atoms with E-state index in [1.807, 2.05) is 49.0 Å². The minimum atomic E-state index is 0.0363. The van der Waals surface area contributed by atoms with Gasteiger partial charge in [-0.25, -0.2) is 9.97 Å². The van der Waals surface area contributed by atoms with Gasteiger partial charge in [0.05, 0.1) is 24.4 Å². The number of nitrogens with zero attached hydrogens (tertiary/aromatic N) is 5. The van der Waals surface area contributed by atoms with Crippen molar-refractivity contribution in [3.63, 3.8) is 0 Å². The lowest BCUT2D eigenvalue weighted by atomic mass is 9.96. The number of nitrogens with one attached hydrogen (secondary N) is 1. The van der Waals surface area contributed by atoms with E-state index in [0.717, 1.165) is 54.2 Å². The minimum absolute atomic E-state index is 0.0363. The van der Waals surface area contributed by atoms with Crippen LogP contribution in [0.25, 0.3) is 10.9 Å². The molecule has 1 aromatic carbocycles. The molecule has 30 heavy (non-hydrogen) atoms. The van der Waals surface area contributed by atoms with Gasteiger partial charge in [0.2, 0.25) is 11.9 Å². The molecule has 1 aliphatic heterocycles. The Kier molecular flexibility index (Phi) is 6.11. The molecule has 1 aliphatic rings. The first-order chi connectivity index (χ1) is 14.6. The first-order valence-corrected chi connectivity index (χ1v) is 10.6. The number of rotatable bonds is 7. The number of hydrogen-bond donors (Lipinski definition) is 1. The Hall–Kier alpha value is -3.16. The molecule has 158 valence electrons. The molecule has 0 atom stereocenters. The van der Waals surface area contributed by atoms with Gasteiger partial charge in [-0.1, -0.05) is 0 Å². The van der Waals surface area contributed by atoms with E-state index in [9.17, 15) is 4.79 Å². The van der Waals surface area contributed by atoms with Crippen molar-refractivity contribution in [3.05, 3.63) is 42.4 Å². The molecule has 0 unspecified atom stereocenters. The molecule has 3 heterocycles. The number of amides is 1. The first kappa shape index (κ1) is 20.1. The zero-order chi connectivity index (χ0) is 20.9. The van der Waals surface area contributed by atoms with Crippen LogP contribution in [0, 0.1) is 12.8 Å². The van der Waals surface area contributed by atoms with Gasteiger partial charge < -0.3 is 15.0 Å². The van der Waals surface area contributed by atoms with Crippen LogP contribution in [0.2, 0.25) is 0 Å². The number of ether oxygens (including phenoxy) is 1. The van der Waals surface area contributed by atoms with Crippen molar-refractivity contribution in [3.8, 4) is 5.75 Å². The number of benzene rings is 1. The SMILES string of the molecule is CCOc1ccc2nc(N3CCC(C(=O)NCCn4cccn4)CC3)nc(C)c2c1. The van der Waals surface area contributed by atoms with Crippen LogP contribution in [-0.4, -0.2) is 51.9 Å². The van der Waals surface area contributed by atoms with Crippen LogP contribution >= 0.6 is 0 Å². The van der Waals surface area contributed by atoms with Crippen LogP contribution in [-0.2, 0) is 11.3 Å². The van der Waals surface area contributed by atoms with Crippen molar-refractivity contribution in [2.75, 3.05) is 31.1 Å². The highest BCUT2D eigenvalue weighted by Crippen LogP contribution is 2.26. The quantitative estimate of drug-likeness (QED) is 0.647. The average molecular weight is 409 g/mol. The molecule has 0 spiro atoms. The maximum atomic E-state index is 12.5. The Balaban J connectivity index is 1.34. The molecule has 1 saturated heterocycles. The molecule has 0 saturated carbocycles. The first-order valence-electron chi connectivity index (χ1n) is 10.6. The van der Waals surface area contributed by atoms with E-state index in [1.54, 1.807) is 6.20 Å². The molecular formula is C22H28N6O2. The fraction of sp³-hybridized carbons (Fsp3) is 0.455. The summed E-state index contributed by atoms with van der Waals surface area (Å²) in [7, 11) is 0. The van der Waals surface area contributed by atoms with Crippen LogP contribution in [0.15, 0.2) is 36.7 Å². The van der Waals surface area contributed by atoms with Crippen LogP contribution in [0.5, 0.6) is 5.75 Å². The van der Waals surface area contributed by atoms with Crippen LogP contribution in [0.3, 0.4) is 0 Å². The van der Waals surface area contributed by atoms with E-state index in [0.29, 0.717) is 19.7 Å². The third kappa shape index (κ3) is 4.53. The highest BCUT2D eigenvalue weighted by molar-refractivity contribution is 5.83. The van der Waals surface area contributed by atoms with Gasteiger partial charge in [-0.05, 0) is 51.0 Å². The van der Waals surface area contributed by atoms with Crippen LogP contribution in [0.4, 0.5) is 5.95 Å². The lowest BCUT2D eigenvalue weighted by Gasteiger charge is -2.31. The molecule has 3 aromatic rings. The normalized spacial score (nSPS) is 14.8. The standard InChI is InChI=1S/C22H28N6O2/c1-3-30-18-5-6-20-19(15-18)16(2)25-22(26-20)27-12-7-17(8-13-27)21(29)23-10-14-28-11-4-9-24-28/h4-6,9,11,15,17H,3,7-8,10,12-14H2,1-2H3,(H,23,29). The molecule has 0 bridgehead atoms. The Labute approximate surface area is 176 Å². The minimum Gasteiger partial charge on any atom is -0.494 e. The molecule has 4 rings (SSSR count). The fourth-order valence-corrected chi connectivity index (χ4v) is 3.86. The zero-order valence-electron chi connectivity index (χ0n) is 17.5. The lowest BCUT2D eigenvalue weighted by molar-refractivity contribution is -0.125. The second-order valence-electron chi connectivity index (χ2n) is 7.54. The number of fused-ring (bicyclic) bond motifs is 1. The second kappa shape index (κ2) is 9.11. The summed E-state index contributed by atoms with van der Waals surface area (Å²) in [4.78, 5) is 24.1. The van der Waals surface area contributed by atoms with Gasteiger partial charge in [-0.15, -0.1) is 0 Å². The summed E-state index contributed by atoms with van der Waals surface area (Å²) in [5.74, 6) is 1.74. The van der Waals surface area contributed by atoms with Gasteiger partial charge >= 0.3 is 0 Å². The van der Waals surface area contributed by atoms with Gasteiger partial charge in [-0.2, -0.15) is 5.10 Å². The van der Waals surface area contributed by atoms with Crippen LogP contribution < -0.4 is 15.0 Å². The number of anilines is 1. The summed E-state index contributed by atoms with van der Waals surface area (Å²) < 4.78 is 7.41. The molecule has 1 amide bonds. The van der Waals surface area contributed by atoms with Crippen molar-refractivity contribution in [2.45, 2.75) is 33.2 Å². The van der Waals surface area contributed by atoms with Gasteiger partial charge in [0.1, 0.15) is 5.75 Å². The lowest BCUT2D eigenvalue weighted by Crippen LogP contribution is -2.41. The van der Waals surface area contributed by atoms with Crippen molar-refractivity contribution in [1.82, 2.24) is 25.1 Å². The number of piperidine rings is 1. The molecule has 8 heteroatoms. The summed E-state index contributed by atoms with van der Waals surface area (Å²) in [6.45, 7) is 7.45. The van der Waals surface area contributed by atoms with Crippen LogP contribution in [0.1, 0.15) is 25.5 Å². The monoisotopic (exact) mass is 408 g/mol. The van der Waals surface area contributed by atoms with Gasteiger partial charge in [0.15, 0.2) is 0 Å². The summed E-state index contributed by atoms with van der Waals surface area (Å²) in [5, 5.41) is 8.19. The Morgan fingerprint density at radius 2 is 2.10 bits per heavy atom. The van der Waals surface area contributed by atoms with Gasteiger partial charge in [-0.3, -0.25) is 9.48 Å². The third-order valence-electron chi connectivity index (χ3n) is 5.50. The van der Waals surface area contributed by atoms with Crippen molar-refractivity contribution < 1.29 is 9.53 Å². The summed E-state index contributed by atoms with van der Waals surface area (Å²) in [6, 6.07) is 7.81. The molecule has 2 aromatic heterocycles. The van der Waals surface area contributed by atoms with E-state index < -0.39 is 0 Å². The van der Waals surface area contributed by atoms with Crippen molar-refractivity contribution in [2.24, 2.45) is 5.92 Å². The Bertz CT molecular complexity index is 996. The summed E-state index contributed by atoms with van der Waals surface area (Å²) >= 11 is 0. The fourth-order valence-electron chi connectivity index (χ4n) is 3.86. The van der Waals surface area contributed by atoms with E-state index in [-0.39, 0.29) is 11.8 Å². The zero-order valence-corrected chi connectivity index (χ0v) is 17.5. The molecule has 1 N–H and O–H groups in total. The van der Waals surface area contributed by atoms with Gasteiger partial charge in [0.25, 0.3) is 0 Å². The molecule has 8 nitrogen and oxygen atoms in total. The second-order valence-corrected chi connectivity index (χ2v) is 7.54. The average Bonchev–Trinajstić information content (AvgIpc) is 3.28. The van der Waals surface area contributed by atoms with E-state index >= 15 is 0 Å². The summed E-state index contributed by atoms with van der Waals surface area (Å²) in [6.07, 6.45) is 5.24. The third-order valence-corrected chi connectivity index (χ3v) is 5.50. The van der Waals surface area contributed by atoms with Crippen molar-refractivity contribution >= 4 is 22.8 Å². The number of aromatic nitrogens is 4. The Morgan fingerprint density at radius 3 is 2.83 bits per heavy atom. The van der Waals surface area contributed by atoms with E-state index in [2.05, 4.69) is 15.3 Å². The molecule has 1 fully saturated rings. The number of carbonyl (C=O) groups excluding carboxylic acids is 1. The van der Waals surface area contributed by atoms with E-state index in [4.69, 9.17) is 14.7 Å². The highest BCUT2D eigenvalue weighted by atomic mass is 16.5. The predicted molar refractivity (Wildman–Crippen MR) is 116 cm³/mol. The molecular weight excluding hydrogens is 380 g/mol. The topological polar surface area (TPSA) is 85.2 Å². The maximum Gasteiger partial charge on any atom is 0.226 e. The smallest absolute Gasteiger partial charge is 0.226 e.